The molecule has 2 aromatic rings. The molecule has 0 saturated heterocycles. The van der Waals surface area contributed by atoms with Crippen LogP contribution < -0.4 is 17.0 Å². The maximum atomic E-state index is 11.7. The van der Waals surface area contributed by atoms with Crippen molar-refractivity contribution >= 4 is 23.1 Å². The van der Waals surface area contributed by atoms with Crippen molar-refractivity contribution in [3.63, 3.8) is 0 Å². The van der Waals surface area contributed by atoms with Gasteiger partial charge in [0.2, 0.25) is 5.95 Å². The summed E-state index contributed by atoms with van der Waals surface area (Å²) in [5, 5.41) is 18.3. The van der Waals surface area contributed by atoms with Gasteiger partial charge in [-0.1, -0.05) is 6.92 Å². The Balaban J connectivity index is 1.97. The van der Waals surface area contributed by atoms with E-state index in [-0.39, 0.29) is 36.4 Å². The third-order valence-corrected chi connectivity index (χ3v) is 3.99. The zero-order chi connectivity index (χ0) is 18.6. The largest absolute Gasteiger partial charge is 0.480 e. The van der Waals surface area contributed by atoms with Gasteiger partial charge in [0, 0.05) is 0 Å². The van der Waals surface area contributed by atoms with Crippen LogP contribution in [-0.2, 0) is 16.3 Å². The highest BCUT2D eigenvalue weighted by molar-refractivity contribution is 5.73. The molecule has 138 valence electrons. The lowest BCUT2D eigenvalue weighted by Gasteiger charge is -2.20. The van der Waals surface area contributed by atoms with E-state index in [1.807, 2.05) is 0 Å². The number of rotatable bonds is 9. The molecule has 7 N–H and O–H groups in total. The molecule has 2 rings (SSSR count). The van der Waals surface area contributed by atoms with Gasteiger partial charge in [-0.2, -0.15) is 4.98 Å². The number of carbonyl (C=O) groups is 1. The number of imidazole rings is 1. The van der Waals surface area contributed by atoms with E-state index in [1.165, 1.54) is 10.9 Å². The fraction of sp³-hybridized carbons (Fsp3) is 0.571. The van der Waals surface area contributed by atoms with Crippen molar-refractivity contribution in [3.8, 4) is 0 Å². The fourth-order valence-corrected chi connectivity index (χ4v) is 2.35. The monoisotopic (exact) mass is 354 g/mol. The zero-order valence-electron chi connectivity index (χ0n) is 13.8. The SMILES string of the molecule is CC(CCC(CO)OCn1cnc2c(=O)[nH]c(N)nc21)C(N)C(=O)O. The minimum absolute atomic E-state index is 0.0109. The number of carboxylic acid groups (broad SMARTS) is 1. The third-order valence-electron chi connectivity index (χ3n) is 3.99. The highest BCUT2D eigenvalue weighted by Gasteiger charge is 2.21. The summed E-state index contributed by atoms with van der Waals surface area (Å²) < 4.78 is 7.10. The van der Waals surface area contributed by atoms with Crippen molar-refractivity contribution < 1.29 is 19.7 Å². The number of nitrogens with two attached hydrogens (primary N) is 2. The summed E-state index contributed by atoms with van der Waals surface area (Å²) in [6.07, 6.45) is 1.79. The van der Waals surface area contributed by atoms with Gasteiger partial charge in [0.05, 0.1) is 19.0 Å². The summed E-state index contributed by atoms with van der Waals surface area (Å²) in [6.45, 7) is 1.50. The lowest BCUT2D eigenvalue weighted by molar-refractivity contribution is -0.139. The number of H-pyrrole nitrogens is 1. The molecule has 3 atom stereocenters. The smallest absolute Gasteiger partial charge is 0.320 e. The zero-order valence-corrected chi connectivity index (χ0v) is 13.8. The van der Waals surface area contributed by atoms with Crippen LogP contribution in [0, 0.1) is 5.92 Å². The number of aromatic nitrogens is 4. The molecule has 0 aromatic carbocycles. The maximum absolute atomic E-state index is 11.7. The van der Waals surface area contributed by atoms with Crippen molar-refractivity contribution in [1.29, 1.82) is 0 Å². The molecule has 0 amide bonds. The molecule has 0 radical (unpaired) electrons. The van der Waals surface area contributed by atoms with Gasteiger partial charge in [0.25, 0.3) is 5.56 Å². The lowest BCUT2D eigenvalue weighted by atomic mass is 9.96. The van der Waals surface area contributed by atoms with E-state index >= 15 is 0 Å². The molecule has 3 unspecified atom stereocenters. The second-order valence-corrected chi connectivity index (χ2v) is 5.86. The topological polar surface area (TPSA) is 182 Å². The Morgan fingerprint density at radius 3 is 2.84 bits per heavy atom. The summed E-state index contributed by atoms with van der Waals surface area (Å²) in [6, 6.07) is -0.962. The number of aliphatic hydroxyl groups excluding tert-OH is 1. The second kappa shape index (κ2) is 8.05. The Hall–Kier alpha value is -2.50. The third kappa shape index (κ3) is 4.53. The van der Waals surface area contributed by atoms with E-state index < -0.39 is 23.7 Å². The first-order chi connectivity index (χ1) is 11.8. The van der Waals surface area contributed by atoms with Crippen LogP contribution in [0.2, 0.25) is 0 Å². The maximum Gasteiger partial charge on any atom is 0.320 e. The quantitative estimate of drug-likeness (QED) is 0.371. The molecule has 0 fully saturated rings. The summed E-state index contributed by atoms with van der Waals surface area (Å²) in [7, 11) is 0. The van der Waals surface area contributed by atoms with E-state index in [2.05, 4.69) is 15.0 Å². The van der Waals surface area contributed by atoms with Gasteiger partial charge in [-0.15, -0.1) is 0 Å². The van der Waals surface area contributed by atoms with E-state index in [4.69, 9.17) is 21.3 Å². The summed E-state index contributed by atoms with van der Waals surface area (Å²) in [5.74, 6) is -1.36. The van der Waals surface area contributed by atoms with E-state index in [1.54, 1.807) is 6.92 Å². The molecule has 2 heterocycles. The molecule has 0 bridgehead atoms. The molecule has 25 heavy (non-hydrogen) atoms. The van der Waals surface area contributed by atoms with Gasteiger partial charge in [-0.25, -0.2) is 4.98 Å². The van der Waals surface area contributed by atoms with Crippen molar-refractivity contribution in [1.82, 2.24) is 19.5 Å². The highest BCUT2D eigenvalue weighted by atomic mass is 16.5. The van der Waals surface area contributed by atoms with Crippen molar-refractivity contribution in [2.24, 2.45) is 11.7 Å². The normalized spacial score (nSPS) is 15.2. The predicted molar refractivity (Wildman–Crippen MR) is 88.5 cm³/mol. The minimum atomic E-state index is -1.06. The number of nitrogens with one attached hydrogen (secondary N) is 1. The number of aliphatic hydroxyl groups is 1. The predicted octanol–water partition coefficient (Wildman–Crippen LogP) is -1.13. The average molecular weight is 354 g/mol. The fourth-order valence-electron chi connectivity index (χ4n) is 2.35. The van der Waals surface area contributed by atoms with Crippen LogP contribution in [-0.4, -0.2) is 54.5 Å². The van der Waals surface area contributed by atoms with Crippen LogP contribution in [0.25, 0.3) is 11.2 Å². The van der Waals surface area contributed by atoms with Gasteiger partial charge in [-0.05, 0) is 18.8 Å². The van der Waals surface area contributed by atoms with Gasteiger partial charge < -0.3 is 26.4 Å². The standard InChI is InChI=1S/C14H22N6O5/c1-7(9(15)13(23)24)2-3-8(4-21)25-6-20-5-17-10-11(20)18-14(16)19-12(10)22/h5,7-9,21H,2-4,6,15H2,1H3,(H,23,24)(H3,16,18,19,22). The van der Waals surface area contributed by atoms with Crippen molar-refractivity contribution in [3.05, 3.63) is 16.7 Å². The summed E-state index contributed by atoms with van der Waals surface area (Å²) >= 11 is 0. The van der Waals surface area contributed by atoms with Crippen LogP contribution in [0.4, 0.5) is 5.95 Å². The van der Waals surface area contributed by atoms with Crippen molar-refractivity contribution in [2.75, 3.05) is 12.3 Å². The number of nitrogens with zero attached hydrogens (tertiary/aromatic N) is 3. The summed E-state index contributed by atoms with van der Waals surface area (Å²) in [4.78, 5) is 32.9. The van der Waals surface area contributed by atoms with Gasteiger partial charge >= 0.3 is 5.97 Å². The lowest BCUT2D eigenvalue weighted by Crippen LogP contribution is -2.37. The molecule has 0 spiro atoms. The van der Waals surface area contributed by atoms with Gasteiger partial charge in [-0.3, -0.25) is 19.1 Å². The van der Waals surface area contributed by atoms with E-state index in [0.717, 1.165) is 0 Å². The number of anilines is 1. The molecular weight excluding hydrogens is 332 g/mol. The minimum Gasteiger partial charge on any atom is -0.480 e. The van der Waals surface area contributed by atoms with E-state index in [0.29, 0.717) is 12.8 Å². The Kier molecular flexibility index (Phi) is 6.07. The number of aromatic amines is 1. The first-order valence-corrected chi connectivity index (χ1v) is 7.75. The Labute approximate surface area is 142 Å². The highest BCUT2D eigenvalue weighted by Crippen LogP contribution is 2.14. The number of ether oxygens (including phenoxy) is 1. The molecule has 11 heteroatoms. The number of hydrogen-bond donors (Lipinski definition) is 5. The first-order valence-electron chi connectivity index (χ1n) is 7.75. The number of fused-ring (bicyclic) bond motifs is 1. The van der Waals surface area contributed by atoms with Crippen LogP contribution in [0.5, 0.6) is 0 Å². The molecule has 0 aliphatic rings. The molecule has 11 nitrogen and oxygen atoms in total. The molecule has 0 aliphatic heterocycles. The average Bonchev–Trinajstić information content (AvgIpc) is 2.97. The van der Waals surface area contributed by atoms with Crippen molar-refractivity contribution in [2.45, 2.75) is 38.6 Å². The second-order valence-electron chi connectivity index (χ2n) is 5.86. The van der Waals surface area contributed by atoms with Gasteiger partial charge in [0.15, 0.2) is 11.2 Å². The number of carboxylic acids is 1. The number of nitrogen functional groups attached to an aromatic ring is 1. The van der Waals surface area contributed by atoms with Gasteiger partial charge in [0.1, 0.15) is 12.8 Å². The van der Waals surface area contributed by atoms with E-state index in [9.17, 15) is 14.7 Å². The van der Waals surface area contributed by atoms with Crippen LogP contribution >= 0.6 is 0 Å². The number of aliphatic carboxylic acids is 1. The van der Waals surface area contributed by atoms with Crippen LogP contribution in [0.1, 0.15) is 19.8 Å². The molecular formula is C14H22N6O5. The number of hydrogen-bond acceptors (Lipinski definition) is 8. The van der Waals surface area contributed by atoms with Crippen LogP contribution in [0.3, 0.4) is 0 Å². The van der Waals surface area contributed by atoms with Crippen LogP contribution in [0.15, 0.2) is 11.1 Å². The molecule has 0 saturated carbocycles. The first kappa shape index (κ1) is 18.8. The summed E-state index contributed by atoms with van der Waals surface area (Å²) in [5.41, 5.74) is 11.0. The molecule has 2 aromatic heterocycles. The molecule has 0 aliphatic carbocycles. The Morgan fingerprint density at radius 2 is 2.20 bits per heavy atom. The Morgan fingerprint density at radius 1 is 1.48 bits per heavy atom. The Bertz CT molecular complexity index is 788.